The van der Waals surface area contributed by atoms with E-state index < -0.39 is 10.0 Å². The first kappa shape index (κ1) is 15.4. The Morgan fingerprint density at radius 3 is 2.60 bits per heavy atom. The van der Waals surface area contributed by atoms with Crippen LogP contribution in [0.4, 0.5) is 0 Å². The van der Waals surface area contributed by atoms with E-state index in [4.69, 9.17) is 5.11 Å². The summed E-state index contributed by atoms with van der Waals surface area (Å²) in [6.45, 7) is 5.08. The van der Waals surface area contributed by atoms with Gasteiger partial charge in [0.2, 0.25) is 10.0 Å². The Morgan fingerprint density at radius 2 is 1.90 bits per heavy atom. The molecule has 1 fully saturated rings. The van der Waals surface area contributed by atoms with E-state index in [1.54, 1.807) is 16.4 Å². The molecule has 112 valence electrons. The molecule has 0 amide bonds. The molecule has 20 heavy (non-hydrogen) atoms. The number of aryl methyl sites for hydroxylation is 1. The van der Waals surface area contributed by atoms with Crippen LogP contribution < -0.4 is 0 Å². The first-order valence-electron chi connectivity index (χ1n) is 6.94. The SMILES string of the molecule is Cc1ccccc1S(=O)(=O)N1CCCN(CCO)CC1. The molecule has 0 saturated carbocycles. The molecule has 0 atom stereocenters. The Kier molecular flexibility index (Phi) is 5.15. The van der Waals surface area contributed by atoms with Crippen molar-refractivity contribution >= 4 is 10.0 Å². The number of nitrogens with zero attached hydrogens (tertiary/aromatic N) is 2. The van der Waals surface area contributed by atoms with E-state index in [0.717, 1.165) is 18.5 Å². The lowest BCUT2D eigenvalue weighted by atomic mass is 10.2. The molecule has 1 aliphatic rings. The molecule has 0 aliphatic carbocycles. The van der Waals surface area contributed by atoms with Crippen molar-refractivity contribution in [1.82, 2.24) is 9.21 Å². The molecule has 0 bridgehead atoms. The van der Waals surface area contributed by atoms with Crippen LogP contribution in [-0.2, 0) is 10.0 Å². The van der Waals surface area contributed by atoms with Crippen molar-refractivity contribution in [3.8, 4) is 0 Å². The van der Waals surface area contributed by atoms with Gasteiger partial charge in [-0.05, 0) is 31.5 Å². The number of benzene rings is 1. The van der Waals surface area contributed by atoms with Gasteiger partial charge in [-0.25, -0.2) is 8.42 Å². The van der Waals surface area contributed by atoms with Gasteiger partial charge in [-0.3, -0.25) is 4.90 Å². The predicted octanol–water partition coefficient (Wildman–Crippen LogP) is 0.684. The maximum atomic E-state index is 12.7. The third kappa shape index (κ3) is 3.38. The minimum absolute atomic E-state index is 0.116. The number of hydrogen-bond acceptors (Lipinski definition) is 4. The van der Waals surface area contributed by atoms with Gasteiger partial charge in [0.05, 0.1) is 11.5 Å². The Morgan fingerprint density at radius 1 is 1.15 bits per heavy atom. The second kappa shape index (κ2) is 6.67. The van der Waals surface area contributed by atoms with E-state index in [1.807, 2.05) is 19.1 Å². The lowest BCUT2D eigenvalue weighted by Crippen LogP contribution is -2.36. The number of sulfonamides is 1. The third-order valence-electron chi connectivity index (χ3n) is 3.68. The predicted molar refractivity (Wildman–Crippen MR) is 78.1 cm³/mol. The first-order valence-corrected chi connectivity index (χ1v) is 8.38. The smallest absolute Gasteiger partial charge is 0.243 e. The van der Waals surface area contributed by atoms with Crippen molar-refractivity contribution in [2.75, 3.05) is 39.3 Å². The van der Waals surface area contributed by atoms with Gasteiger partial charge in [0.1, 0.15) is 0 Å². The zero-order valence-corrected chi connectivity index (χ0v) is 12.6. The summed E-state index contributed by atoms with van der Waals surface area (Å²) in [5.41, 5.74) is 0.781. The van der Waals surface area contributed by atoms with Crippen LogP contribution in [-0.4, -0.2) is 62.1 Å². The van der Waals surface area contributed by atoms with Gasteiger partial charge >= 0.3 is 0 Å². The average Bonchev–Trinajstić information content (AvgIpc) is 2.65. The van der Waals surface area contributed by atoms with Gasteiger partial charge in [0.15, 0.2) is 0 Å². The second-order valence-corrected chi connectivity index (χ2v) is 6.99. The summed E-state index contributed by atoms with van der Waals surface area (Å²) in [7, 11) is -3.41. The molecular weight excluding hydrogens is 276 g/mol. The highest BCUT2D eigenvalue weighted by Gasteiger charge is 2.27. The molecule has 1 aromatic rings. The van der Waals surface area contributed by atoms with Crippen LogP contribution in [0, 0.1) is 6.92 Å². The van der Waals surface area contributed by atoms with Gasteiger partial charge in [0.25, 0.3) is 0 Å². The van der Waals surface area contributed by atoms with Crippen molar-refractivity contribution < 1.29 is 13.5 Å². The highest BCUT2D eigenvalue weighted by Crippen LogP contribution is 2.20. The van der Waals surface area contributed by atoms with Crippen LogP contribution >= 0.6 is 0 Å². The normalized spacial score (nSPS) is 18.9. The minimum Gasteiger partial charge on any atom is -0.395 e. The van der Waals surface area contributed by atoms with Crippen molar-refractivity contribution in [2.45, 2.75) is 18.2 Å². The molecular formula is C14H22N2O3S. The van der Waals surface area contributed by atoms with Crippen LogP contribution in [0.5, 0.6) is 0 Å². The van der Waals surface area contributed by atoms with Crippen LogP contribution in [0.25, 0.3) is 0 Å². The minimum atomic E-state index is -3.41. The van der Waals surface area contributed by atoms with Crippen molar-refractivity contribution in [2.24, 2.45) is 0 Å². The molecule has 0 spiro atoms. The standard InChI is InChI=1S/C14H22N2O3S/c1-13-5-2-3-6-14(13)20(18,19)16-8-4-7-15(9-10-16)11-12-17/h2-3,5-6,17H,4,7-12H2,1H3. The second-order valence-electron chi connectivity index (χ2n) is 5.09. The van der Waals surface area contributed by atoms with Crippen LogP contribution in [0.1, 0.15) is 12.0 Å². The van der Waals surface area contributed by atoms with Gasteiger partial charge in [0, 0.05) is 26.2 Å². The maximum Gasteiger partial charge on any atom is 0.243 e. The summed E-state index contributed by atoms with van der Waals surface area (Å²) in [5, 5.41) is 8.98. The molecule has 1 N–H and O–H groups in total. The quantitative estimate of drug-likeness (QED) is 0.888. The molecule has 1 heterocycles. The van der Waals surface area contributed by atoms with Crippen LogP contribution in [0.2, 0.25) is 0 Å². The van der Waals surface area contributed by atoms with E-state index >= 15 is 0 Å². The lowest BCUT2D eigenvalue weighted by Gasteiger charge is -2.22. The summed E-state index contributed by atoms with van der Waals surface area (Å²) in [4.78, 5) is 2.50. The fraction of sp³-hybridized carbons (Fsp3) is 0.571. The van der Waals surface area contributed by atoms with Gasteiger partial charge in [-0.2, -0.15) is 4.31 Å². The summed E-state index contributed by atoms with van der Waals surface area (Å²) in [6.07, 6.45) is 0.797. The van der Waals surface area contributed by atoms with E-state index in [0.29, 0.717) is 31.1 Å². The molecule has 1 saturated heterocycles. The molecule has 2 rings (SSSR count). The van der Waals surface area contributed by atoms with Crippen molar-refractivity contribution in [3.05, 3.63) is 29.8 Å². The summed E-state index contributed by atoms with van der Waals surface area (Å²) in [6, 6.07) is 7.10. The molecule has 5 nitrogen and oxygen atoms in total. The molecule has 1 aliphatic heterocycles. The number of aliphatic hydroxyl groups excluding tert-OH is 1. The van der Waals surface area contributed by atoms with Crippen molar-refractivity contribution in [1.29, 1.82) is 0 Å². The zero-order valence-electron chi connectivity index (χ0n) is 11.8. The Labute approximate surface area is 120 Å². The first-order chi connectivity index (χ1) is 9.55. The van der Waals surface area contributed by atoms with E-state index in [9.17, 15) is 8.42 Å². The van der Waals surface area contributed by atoms with Gasteiger partial charge in [-0.15, -0.1) is 0 Å². The molecule has 0 radical (unpaired) electrons. The fourth-order valence-electron chi connectivity index (χ4n) is 2.54. The fourth-order valence-corrected chi connectivity index (χ4v) is 4.23. The van der Waals surface area contributed by atoms with Crippen molar-refractivity contribution in [3.63, 3.8) is 0 Å². The highest BCUT2D eigenvalue weighted by atomic mass is 32.2. The highest BCUT2D eigenvalue weighted by molar-refractivity contribution is 7.89. The Hall–Kier alpha value is -0.950. The number of aliphatic hydroxyl groups is 1. The third-order valence-corrected chi connectivity index (χ3v) is 5.73. The number of rotatable bonds is 4. The van der Waals surface area contributed by atoms with Crippen LogP contribution in [0.3, 0.4) is 0 Å². The summed E-state index contributed by atoms with van der Waals surface area (Å²) < 4.78 is 26.9. The Bertz CT molecular complexity index is 545. The molecule has 1 aromatic carbocycles. The molecule has 0 aromatic heterocycles. The van der Waals surface area contributed by atoms with E-state index in [1.165, 1.54) is 0 Å². The van der Waals surface area contributed by atoms with Gasteiger partial charge in [-0.1, -0.05) is 18.2 Å². The molecule has 6 heteroatoms. The maximum absolute atomic E-state index is 12.7. The largest absolute Gasteiger partial charge is 0.395 e. The number of β-amino-alcohol motifs (C(OH)–C–C–N with tert-alkyl or cyclic N) is 1. The average molecular weight is 298 g/mol. The van der Waals surface area contributed by atoms with E-state index in [-0.39, 0.29) is 6.61 Å². The van der Waals surface area contributed by atoms with Gasteiger partial charge < -0.3 is 5.11 Å². The van der Waals surface area contributed by atoms with Crippen LogP contribution in [0.15, 0.2) is 29.2 Å². The summed E-state index contributed by atoms with van der Waals surface area (Å²) >= 11 is 0. The number of hydrogen-bond donors (Lipinski definition) is 1. The summed E-state index contributed by atoms with van der Waals surface area (Å²) in [5.74, 6) is 0. The Balaban J connectivity index is 2.16. The molecule has 0 unspecified atom stereocenters. The zero-order chi connectivity index (χ0) is 14.6. The lowest BCUT2D eigenvalue weighted by molar-refractivity contribution is 0.202. The monoisotopic (exact) mass is 298 g/mol. The van der Waals surface area contributed by atoms with E-state index in [2.05, 4.69) is 4.90 Å². The topological polar surface area (TPSA) is 60.9 Å².